The Morgan fingerprint density at radius 3 is 2.15 bits per heavy atom. The summed E-state index contributed by atoms with van der Waals surface area (Å²) in [6.07, 6.45) is -3.94. The van der Waals surface area contributed by atoms with Crippen LogP contribution in [0, 0.1) is 20.8 Å². The van der Waals surface area contributed by atoms with Gasteiger partial charge >= 0.3 is 6.18 Å². The van der Waals surface area contributed by atoms with Gasteiger partial charge in [0.05, 0.1) is 33.7 Å². The first-order valence-electron chi connectivity index (χ1n) is 8.28. The zero-order valence-electron chi connectivity index (χ0n) is 15.1. The van der Waals surface area contributed by atoms with Crippen molar-refractivity contribution < 1.29 is 18.0 Å². The van der Waals surface area contributed by atoms with Crippen molar-refractivity contribution in [3.8, 4) is 0 Å². The first-order chi connectivity index (χ1) is 12.5. The van der Waals surface area contributed by atoms with Crippen LogP contribution < -0.4 is 5.32 Å². The minimum absolute atomic E-state index is 0.176. The Labute approximate surface area is 164 Å². The summed E-state index contributed by atoms with van der Waals surface area (Å²) in [5, 5.41) is 10.7. The van der Waals surface area contributed by atoms with Crippen molar-refractivity contribution in [3.63, 3.8) is 0 Å². The maximum absolute atomic E-state index is 12.8. The lowest BCUT2D eigenvalue weighted by atomic mass is 10.3. The Morgan fingerprint density at radius 1 is 1.04 bits per heavy atom. The van der Waals surface area contributed by atoms with Crippen LogP contribution in [-0.2, 0) is 24.1 Å². The fourth-order valence-electron chi connectivity index (χ4n) is 2.57. The van der Waals surface area contributed by atoms with Gasteiger partial charge in [0.2, 0.25) is 5.91 Å². The van der Waals surface area contributed by atoms with Crippen LogP contribution >= 0.6 is 23.2 Å². The Hall–Kier alpha value is -1.74. The number of alkyl halides is 3. The molecule has 0 fully saturated rings. The van der Waals surface area contributed by atoms with Crippen LogP contribution in [-0.4, -0.2) is 32.0 Å². The average molecular weight is 426 g/mol. The Bertz CT molecular complexity index is 829. The first-order valence-corrected chi connectivity index (χ1v) is 9.04. The quantitative estimate of drug-likeness (QED) is 0.683. The van der Waals surface area contributed by atoms with Gasteiger partial charge in [-0.05, 0) is 27.2 Å². The molecule has 0 atom stereocenters. The molecule has 27 heavy (non-hydrogen) atoms. The molecule has 150 valence electrons. The summed E-state index contributed by atoms with van der Waals surface area (Å²) in [5.74, 6) is -0.176. The molecule has 1 N–H and O–H groups in total. The van der Waals surface area contributed by atoms with Gasteiger partial charge in [0.15, 0.2) is 5.69 Å². The van der Waals surface area contributed by atoms with E-state index in [2.05, 4.69) is 15.5 Å². The van der Waals surface area contributed by atoms with Crippen LogP contribution in [0.4, 0.5) is 13.2 Å². The molecule has 0 aliphatic carbocycles. The van der Waals surface area contributed by atoms with E-state index in [1.165, 1.54) is 11.6 Å². The second-order valence-electron chi connectivity index (χ2n) is 6.13. The number of carbonyl (C=O) groups is 1. The Morgan fingerprint density at radius 2 is 1.63 bits per heavy atom. The van der Waals surface area contributed by atoms with Crippen molar-refractivity contribution in [1.82, 2.24) is 24.9 Å². The highest BCUT2D eigenvalue weighted by Gasteiger charge is 2.38. The van der Waals surface area contributed by atoms with E-state index in [0.717, 1.165) is 5.69 Å². The number of aromatic nitrogens is 4. The van der Waals surface area contributed by atoms with Gasteiger partial charge in [-0.1, -0.05) is 23.2 Å². The van der Waals surface area contributed by atoms with Crippen LogP contribution in [0.25, 0.3) is 0 Å². The van der Waals surface area contributed by atoms with E-state index in [-0.39, 0.29) is 24.6 Å². The zero-order valence-corrected chi connectivity index (χ0v) is 16.6. The van der Waals surface area contributed by atoms with E-state index < -0.39 is 16.9 Å². The van der Waals surface area contributed by atoms with E-state index >= 15 is 0 Å². The summed E-state index contributed by atoms with van der Waals surface area (Å²) < 4.78 is 41.2. The summed E-state index contributed by atoms with van der Waals surface area (Å²) in [4.78, 5) is 11.9. The normalized spacial score (nSPS) is 11.9. The molecule has 0 aromatic carbocycles. The van der Waals surface area contributed by atoms with Crippen LogP contribution in [0.3, 0.4) is 0 Å². The number of aryl methyl sites for hydroxylation is 3. The summed E-state index contributed by atoms with van der Waals surface area (Å²) in [7, 11) is 0. The van der Waals surface area contributed by atoms with E-state index in [0.29, 0.717) is 30.2 Å². The van der Waals surface area contributed by atoms with Gasteiger partial charge in [-0.3, -0.25) is 14.2 Å². The number of halogens is 5. The molecule has 0 saturated heterocycles. The molecule has 0 unspecified atom stereocenters. The van der Waals surface area contributed by atoms with Gasteiger partial charge in [-0.2, -0.15) is 23.4 Å². The van der Waals surface area contributed by atoms with Crippen LogP contribution in [0.1, 0.15) is 35.6 Å². The summed E-state index contributed by atoms with van der Waals surface area (Å²) in [6.45, 7) is 6.02. The molecule has 0 bridgehead atoms. The molecule has 0 radical (unpaired) electrons. The van der Waals surface area contributed by atoms with Crippen LogP contribution in [0.5, 0.6) is 0 Å². The monoisotopic (exact) mass is 425 g/mol. The number of nitrogens with one attached hydrogen (secondary N) is 1. The Balaban J connectivity index is 1.78. The van der Waals surface area contributed by atoms with Gasteiger partial charge in [0.1, 0.15) is 0 Å². The van der Waals surface area contributed by atoms with Crippen molar-refractivity contribution in [3.05, 3.63) is 32.8 Å². The van der Waals surface area contributed by atoms with Gasteiger partial charge in [-0.25, -0.2) is 0 Å². The molecule has 2 rings (SSSR count). The molecule has 2 aromatic rings. The summed E-state index contributed by atoms with van der Waals surface area (Å²) in [6, 6.07) is 0. The second-order valence-corrected chi connectivity index (χ2v) is 6.89. The minimum Gasteiger partial charge on any atom is -0.356 e. The third-order valence-electron chi connectivity index (χ3n) is 4.11. The van der Waals surface area contributed by atoms with Gasteiger partial charge in [0.25, 0.3) is 0 Å². The highest BCUT2D eigenvalue weighted by molar-refractivity contribution is 6.32. The molecular formula is C16H20Cl2F3N5O. The second kappa shape index (κ2) is 8.52. The molecule has 1 amide bonds. The smallest absolute Gasteiger partial charge is 0.356 e. The van der Waals surface area contributed by atoms with Crippen molar-refractivity contribution in [1.29, 1.82) is 0 Å². The van der Waals surface area contributed by atoms with Crippen LogP contribution in [0.15, 0.2) is 0 Å². The molecule has 11 heteroatoms. The van der Waals surface area contributed by atoms with E-state index in [9.17, 15) is 18.0 Å². The molecule has 0 spiro atoms. The SMILES string of the molecule is Cc1nn(CCC(=O)NCCCn2nc(C(F)(F)F)c(Cl)c2C)c(C)c1Cl. The third kappa shape index (κ3) is 5.16. The molecule has 2 heterocycles. The molecule has 0 saturated carbocycles. The average Bonchev–Trinajstić information content (AvgIpc) is 3.01. The largest absolute Gasteiger partial charge is 0.436 e. The predicted octanol–water partition coefficient (Wildman–Crippen LogP) is 3.93. The summed E-state index contributed by atoms with van der Waals surface area (Å²) >= 11 is 11.8. The number of hydrogen-bond donors (Lipinski definition) is 1. The van der Waals surface area contributed by atoms with Gasteiger partial charge < -0.3 is 5.32 Å². The van der Waals surface area contributed by atoms with Gasteiger partial charge in [0, 0.05) is 19.5 Å². The van der Waals surface area contributed by atoms with Gasteiger partial charge in [-0.15, -0.1) is 0 Å². The number of rotatable bonds is 7. The molecule has 6 nitrogen and oxygen atoms in total. The summed E-state index contributed by atoms with van der Waals surface area (Å²) in [5.41, 5.74) is 0.667. The highest BCUT2D eigenvalue weighted by Crippen LogP contribution is 2.35. The zero-order chi connectivity index (χ0) is 20.4. The third-order valence-corrected chi connectivity index (χ3v) is 5.11. The standard InChI is InChI=1S/C16H20Cl2F3N5O/c1-9-13(17)10(2)26(23-9)8-5-12(27)22-6-4-7-25-11(3)14(18)15(24-25)16(19,20)21/h4-8H2,1-3H3,(H,22,27). The predicted molar refractivity (Wildman–Crippen MR) is 95.9 cm³/mol. The van der Waals surface area contributed by atoms with Crippen molar-refractivity contribution >= 4 is 29.1 Å². The highest BCUT2D eigenvalue weighted by atomic mass is 35.5. The van der Waals surface area contributed by atoms with E-state index in [1.54, 1.807) is 11.6 Å². The maximum atomic E-state index is 12.8. The van der Waals surface area contributed by atoms with E-state index in [4.69, 9.17) is 23.2 Å². The Kier molecular flexibility index (Phi) is 6.80. The number of amides is 1. The van der Waals surface area contributed by atoms with Crippen LogP contribution in [0.2, 0.25) is 10.0 Å². The fraction of sp³-hybridized carbons (Fsp3) is 0.562. The lowest BCUT2D eigenvalue weighted by Gasteiger charge is -2.08. The van der Waals surface area contributed by atoms with Crippen molar-refractivity contribution in [2.24, 2.45) is 0 Å². The topological polar surface area (TPSA) is 64.7 Å². The first kappa shape index (κ1) is 21.6. The molecule has 2 aromatic heterocycles. The molecule has 0 aliphatic heterocycles. The molecule has 0 aliphatic rings. The van der Waals surface area contributed by atoms with E-state index in [1.807, 2.05) is 6.92 Å². The number of nitrogens with zero attached hydrogens (tertiary/aromatic N) is 4. The lowest BCUT2D eigenvalue weighted by Crippen LogP contribution is -2.26. The minimum atomic E-state index is -4.59. The lowest BCUT2D eigenvalue weighted by molar-refractivity contribution is -0.141. The van der Waals surface area contributed by atoms with Crippen molar-refractivity contribution in [2.75, 3.05) is 6.54 Å². The number of carbonyl (C=O) groups excluding carboxylic acids is 1. The molecular weight excluding hydrogens is 406 g/mol. The fourth-order valence-corrected chi connectivity index (χ4v) is 2.95. The maximum Gasteiger partial charge on any atom is 0.436 e. The number of hydrogen-bond acceptors (Lipinski definition) is 3. The van der Waals surface area contributed by atoms with Crippen molar-refractivity contribution in [2.45, 2.75) is 52.9 Å².